The molecule has 2 aliphatic rings. The van der Waals surface area contributed by atoms with Crippen LogP contribution in [0.2, 0.25) is 0 Å². The highest BCUT2D eigenvalue weighted by atomic mass is 16.2. The Balaban J connectivity index is 0.00000146. The molecule has 2 saturated heterocycles. The number of amides is 1. The van der Waals surface area contributed by atoms with E-state index in [2.05, 4.69) is 23.6 Å². The standard InChI is InChI=1S/C17H34N4O.2C2H6/c1-15(2)4-3-7-19-10-12-20(13-11-19)14-17(22)21-8-5-16(18)6-9-21;2*1-2/h15-16H,3-14,18H2,1-2H3;2*1-2H3. The van der Waals surface area contributed by atoms with Crippen molar-refractivity contribution in [3.63, 3.8) is 0 Å². The molecule has 26 heavy (non-hydrogen) atoms. The molecular weight excluding hydrogens is 324 g/mol. The second-order valence-corrected chi connectivity index (χ2v) is 7.37. The lowest BCUT2D eigenvalue weighted by atomic mass is 10.1. The van der Waals surface area contributed by atoms with Crippen LogP contribution in [0.15, 0.2) is 0 Å². The van der Waals surface area contributed by atoms with Gasteiger partial charge in [-0.3, -0.25) is 9.69 Å². The molecule has 0 bridgehead atoms. The number of hydrogen-bond acceptors (Lipinski definition) is 4. The van der Waals surface area contributed by atoms with Gasteiger partial charge in [0.25, 0.3) is 0 Å². The molecule has 156 valence electrons. The second kappa shape index (κ2) is 15.4. The van der Waals surface area contributed by atoms with Crippen LogP contribution < -0.4 is 5.73 Å². The number of nitrogens with zero attached hydrogens (tertiary/aromatic N) is 3. The van der Waals surface area contributed by atoms with Crippen molar-refractivity contribution in [1.82, 2.24) is 14.7 Å². The van der Waals surface area contributed by atoms with Gasteiger partial charge in [0.15, 0.2) is 0 Å². The van der Waals surface area contributed by atoms with E-state index in [0.29, 0.717) is 18.5 Å². The molecule has 5 nitrogen and oxygen atoms in total. The molecule has 0 saturated carbocycles. The number of hydrogen-bond donors (Lipinski definition) is 1. The van der Waals surface area contributed by atoms with Crippen molar-refractivity contribution in [3.8, 4) is 0 Å². The zero-order valence-corrected chi connectivity index (χ0v) is 18.5. The third kappa shape index (κ3) is 10.5. The maximum atomic E-state index is 12.3. The van der Waals surface area contributed by atoms with E-state index in [1.807, 2.05) is 32.6 Å². The van der Waals surface area contributed by atoms with Crippen molar-refractivity contribution < 1.29 is 4.79 Å². The van der Waals surface area contributed by atoms with Gasteiger partial charge < -0.3 is 15.5 Å². The highest BCUT2D eigenvalue weighted by molar-refractivity contribution is 5.78. The highest BCUT2D eigenvalue weighted by Gasteiger charge is 2.24. The Hall–Kier alpha value is -0.650. The molecule has 2 heterocycles. The Morgan fingerprint density at radius 2 is 1.42 bits per heavy atom. The fourth-order valence-corrected chi connectivity index (χ4v) is 3.33. The van der Waals surface area contributed by atoms with E-state index in [-0.39, 0.29) is 0 Å². The quantitative estimate of drug-likeness (QED) is 0.781. The molecule has 0 aromatic rings. The maximum Gasteiger partial charge on any atom is 0.236 e. The summed E-state index contributed by atoms with van der Waals surface area (Å²) < 4.78 is 0. The average Bonchev–Trinajstić information content (AvgIpc) is 2.66. The summed E-state index contributed by atoms with van der Waals surface area (Å²) in [5.41, 5.74) is 5.90. The minimum absolute atomic E-state index is 0.290. The van der Waals surface area contributed by atoms with Gasteiger partial charge in [-0.05, 0) is 38.1 Å². The van der Waals surface area contributed by atoms with Crippen LogP contribution in [0.25, 0.3) is 0 Å². The summed E-state index contributed by atoms with van der Waals surface area (Å²) in [6.45, 7) is 20.3. The van der Waals surface area contributed by atoms with Gasteiger partial charge in [0, 0.05) is 45.3 Å². The number of rotatable bonds is 6. The molecule has 2 fully saturated rings. The third-order valence-corrected chi connectivity index (χ3v) is 4.97. The summed E-state index contributed by atoms with van der Waals surface area (Å²) in [4.78, 5) is 19.2. The van der Waals surface area contributed by atoms with Crippen molar-refractivity contribution >= 4 is 5.91 Å². The molecule has 1 amide bonds. The van der Waals surface area contributed by atoms with Gasteiger partial charge in [0.05, 0.1) is 6.54 Å². The lowest BCUT2D eigenvalue weighted by molar-refractivity contribution is -0.133. The van der Waals surface area contributed by atoms with Crippen LogP contribution in [-0.2, 0) is 4.79 Å². The van der Waals surface area contributed by atoms with Gasteiger partial charge in [-0.15, -0.1) is 0 Å². The Morgan fingerprint density at radius 1 is 0.923 bits per heavy atom. The van der Waals surface area contributed by atoms with Gasteiger partial charge in [-0.1, -0.05) is 41.5 Å². The topological polar surface area (TPSA) is 52.8 Å². The number of carbonyl (C=O) groups excluding carboxylic acids is 1. The largest absolute Gasteiger partial charge is 0.341 e. The molecule has 0 aromatic carbocycles. The lowest BCUT2D eigenvalue weighted by Gasteiger charge is -2.36. The van der Waals surface area contributed by atoms with Crippen LogP contribution in [0, 0.1) is 5.92 Å². The molecular formula is C21H46N4O. The number of piperidine rings is 1. The lowest BCUT2D eigenvalue weighted by Crippen LogP contribution is -2.51. The molecule has 0 unspecified atom stereocenters. The molecule has 2 rings (SSSR count). The van der Waals surface area contributed by atoms with E-state index in [0.717, 1.165) is 58.0 Å². The third-order valence-electron chi connectivity index (χ3n) is 4.97. The van der Waals surface area contributed by atoms with Gasteiger partial charge in [-0.25, -0.2) is 0 Å². The maximum absolute atomic E-state index is 12.3. The van der Waals surface area contributed by atoms with E-state index < -0.39 is 0 Å². The normalized spacial score (nSPS) is 19.5. The average molecular weight is 371 g/mol. The van der Waals surface area contributed by atoms with Crippen LogP contribution >= 0.6 is 0 Å². The minimum Gasteiger partial charge on any atom is -0.341 e. The van der Waals surface area contributed by atoms with Crippen molar-refractivity contribution in [2.75, 3.05) is 52.4 Å². The van der Waals surface area contributed by atoms with Gasteiger partial charge in [0.2, 0.25) is 5.91 Å². The highest BCUT2D eigenvalue weighted by Crippen LogP contribution is 2.11. The smallest absolute Gasteiger partial charge is 0.236 e. The Morgan fingerprint density at radius 3 is 1.92 bits per heavy atom. The van der Waals surface area contributed by atoms with E-state index in [1.165, 1.54) is 19.4 Å². The zero-order valence-electron chi connectivity index (χ0n) is 18.5. The van der Waals surface area contributed by atoms with Gasteiger partial charge in [-0.2, -0.15) is 0 Å². The minimum atomic E-state index is 0.290. The fraction of sp³-hybridized carbons (Fsp3) is 0.952. The molecule has 0 aliphatic carbocycles. The van der Waals surface area contributed by atoms with Gasteiger partial charge >= 0.3 is 0 Å². The Kier molecular flexibility index (Phi) is 15.0. The summed E-state index contributed by atoms with van der Waals surface area (Å²) in [6.07, 6.45) is 4.52. The van der Waals surface area contributed by atoms with E-state index in [9.17, 15) is 4.79 Å². The predicted molar refractivity (Wildman–Crippen MR) is 113 cm³/mol. The van der Waals surface area contributed by atoms with E-state index in [4.69, 9.17) is 5.73 Å². The summed E-state index contributed by atoms with van der Waals surface area (Å²) >= 11 is 0. The van der Waals surface area contributed by atoms with Crippen molar-refractivity contribution in [1.29, 1.82) is 0 Å². The first kappa shape index (κ1) is 25.4. The number of piperazine rings is 1. The molecule has 0 radical (unpaired) electrons. The number of likely N-dealkylation sites (tertiary alicyclic amines) is 1. The first-order valence-electron chi connectivity index (χ1n) is 11.0. The second-order valence-electron chi connectivity index (χ2n) is 7.37. The van der Waals surface area contributed by atoms with Crippen LogP contribution in [0.3, 0.4) is 0 Å². The van der Waals surface area contributed by atoms with Crippen LogP contribution in [0.5, 0.6) is 0 Å². The molecule has 5 heteroatoms. The van der Waals surface area contributed by atoms with Crippen LogP contribution in [0.4, 0.5) is 0 Å². The van der Waals surface area contributed by atoms with Crippen molar-refractivity contribution in [2.45, 2.75) is 73.3 Å². The number of carbonyl (C=O) groups is 1. The predicted octanol–water partition coefficient (Wildman–Crippen LogP) is 3.04. The van der Waals surface area contributed by atoms with Crippen LogP contribution in [0.1, 0.15) is 67.2 Å². The Bertz CT molecular complexity index is 333. The van der Waals surface area contributed by atoms with Crippen molar-refractivity contribution in [3.05, 3.63) is 0 Å². The molecule has 2 N–H and O–H groups in total. The van der Waals surface area contributed by atoms with Crippen molar-refractivity contribution in [2.24, 2.45) is 11.7 Å². The molecule has 0 spiro atoms. The first-order chi connectivity index (χ1) is 12.5. The first-order valence-corrected chi connectivity index (χ1v) is 11.0. The molecule has 2 aliphatic heterocycles. The van der Waals surface area contributed by atoms with E-state index in [1.54, 1.807) is 0 Å². The van der Waals surface area contributed by atoms with Crippen LogP contribution in [-0.4, -0.2) is 79.0 Å². The van der Waals surface area contributed by atoms with E-state index >= 15 is 0 Å². The zero-order chi connectivity index (χ0) is 19.9. The monoisotopic (exact) mass is 370 g/mol. The fourth-order valence-electron chi connectivity index (χ4n) is 3.33. The SMILES string of the molecule is CC.CC.CC(C)CCCN1CCN(CC(=O)N2CCC(N)CC2)CC1. The molecule has 0 aromatic heterocycles. The number of nitrogens with two attached hydrogens (primary N) is 1. The van der Waals surface area contributed by atoms with Gasteiger partial charge in [0.1, 0.15) is 0 Å². The Labute approximate surface area is 163 Å². The summed E-state index contributed by atoms with van der Waals surface area (Å²) in [5.74, 6) is 1.09. The summed E-state index contributed by atoms with van der Waals surface area (Å²) in [6, 6.07) is 0.290. The summed E-state index contributed by atoms with van der Waals surface area (Å²) in [5, 5.41) is 0. The summed E-state index contributed by atoms with van der Waals surface area (Å²) in [7, 11) is 0. The molecule has 0 atom stereocenters.